The highest BCUT2D eigenvalue weighted by Gasteiger charge is 2.38. The number of alkyl halides is 3. The van der Waals surface area contributed by atoms with Gasteiger partial charge in [-0.15, -0.1) is 0 Å². The molecule has 0 atom stereocenters. The Kier molecular flexibility index (Phi) is 5.07. The minimum absolute atomic E-state index is 0.134. The van der Waals surface area contributed by atoms with E-state index in [9.17, 15) is 18.0 Å². The molecule has 0 saturated carbocycles. The Hall–Kier alpha value is -4.22. The first-order chi connectivity index (χ1) is 16.3. The number of benzene rings is 1. The van der Waals surface area contributed by atoms with E-state index in [1.807, 2.05) is 0 Å². The van der Waals surface area contributed by atoms with Gasteiger partial charge in [-0.25, -0.2) is 4.98 Å². The summed E-state index contributed by atoms with van der Waals surface area (Å²) in [5, 5.41) is 17.2. The van der Waals surface area contributed by atoms with Crippen LogP contribution in [0, 0.1) is 5.41 Å². The highest BCUT2D eigenvalue weighted by atomic mass is 19.4. The van der Waals surface area contributed by atoms with Crippen LogP contribution >= 0.6 is 0 Å². The zero-order chi connectivity index (χ0) is 24.0. The number of hydrogen-bond acceptors (Lipinski definition) is 7. The summed E-state index contributed by atoms with van der Waals surface area (Å²) in [5.41, 5.74) is 6.90. The molecule has 0 saturated heterocycles. The predicted octanol–water partition coefficient (Wildman–Crippen LogP) is 4.10. The monoisotopic (exact) mass is 469 g/mol. The van der Waals surface area contributed by atoms with E-state index < -0.39 is 23.5 Å². The van der Waals surface area contributed by atoms with E-state index in [1.54, 1.807) is 6.07 Å². The molecule has 3 aromatic heterocycles. The second-order valence-corrected chi connectivity index (χ2v) is 7.90. The number of halogens is 3. The van der Waals surface area contributed by atoms with Crippen LogP contribution in [0.5, 0.6) is 0 Å². The standard InChI is InChI=1S/C22H18F3N7O2/c23-22(24,25)20-12(7-29-32-20)19-11-4-2-1-3-10(11)16-14(30-19)6-5-13(26)17(16)18(27)21(33)31-15-8-34-9-28-15/h5-9,27H,1-4,26H2,(H,29,32)(H,31,33). The van der Waals surface area contributed by atoms with Gasteiger partial charge in [0.2, 0.25) is 0 Å². The Balaban J connectivity index is 1.71. The predicted molar refractivity (Wildman–Crippen MR) is 117 cm³/mol. The summed E-state index contributed by atoms with van der Waals surface area (Å²) in [6, 6.07) is 3.07. The molecule has 1 aromatic carbocycles. The number of anilines is 2. The maximum Gasteiger partial charge on any atom is 0.435 e. The Labute approximate surface area is 190 Å². The van der Waals surface area contributed by atoms with E-state index in [0.29, 0.717) is 29.3 Å². The van der Waals surface area contributed by atoms with Crippen molar-refractivity contribution in [3.8, 4) is 11.3 Å². The van der Waals surface area contributed by atoms with Crippen LogP contribution < -0.4 is 11.1 Å². The minimum Gasteiger partial charge on any atom is -0.449 e. The Morgan fingerprint density at radius 1 is 1.21 bits per heavy atom. The van der Waals surface area contributed by atoms with Crippen LogP contribution in [-0.2, 0) is 23.8 Å². The second kappa shape index (κ2) is 7.97. The molecule has 9 nitrogen and oxygen atoms in total. The Bertz CT molecular complexity index is 1420. The van der Waals surface area contributed by atoms with Crippen molar-refractivity contribution in [2.24, 2.45) is 0 Å². The smallest absolute Gasteiger partial charge is 0.435 e. The number of carbonyl (C=O) groups excluding carboxylic acids is 1. The van der Waals surface area contributed by atoms with E-state index in [2.05, 4.69) is 25.5 Å². The quantitative estimate of drug-likeness (QED) is 0.261. The fourth-order valence-corrected chi connectivity index (χ4v) is 4.38. The van der Waals surface area contributed by atoms with Crippen molar-refractivity contribution in [1.82, 2.24) is 20.2 Å². The molecular formula is C22H18F3N7O2. The van der Waals surface area contributed by atoms with Crippen LogP contribution in [0.3, 0.4) is 0 Å². The third-order valence-corrected chi connectivity index (χ3v) is 5.82. The zero-order valence-electron chi connectivity index (χ0n) is 17.6. The Morgan fingerprint density at radius 3 is 2.68 bits per heavy atom. The maximum absolute atomic E-state index is 13.6. The fraction of sp³-hybridized carbons (Fsp3) is 0.227. The van der Waals surface area contributed by atoms with Crippen LogP contribution in [0.1, 0.15) is 35.2 Å². The lowest BCUT2D eigenvalue weighted by Gasteiger charge is -2.23. The number of fused-ring (bicyclic) bond motifs is 3. The van der Waals surface area contributed by atoms with Crippen molar-refractivity contribution >= 4 is 34.0 Å². The number of nitrogen functional groups attached to an aromatic ring is 1. The van der Waals surface area contributed by atoms with E-state index >= 15 is 0 Å². The molecule has 1 amide bonds. The van der Waals surface area contributed by atoms with Gasteiger partial charge in [-0.2, -0.15) is 23.3 Å². The van der Waals surface area contributed by atoms with Crippen molar-refractivity contribution in [3.05, 3.63) is 53.4 Å². The first kappa shape index (κ1) is 21.6. The number of rotatable bonds is 4. The number of nitrogens with zero attached hydrogens (tertiary/aromatic N) is 3. The van der Waals surface area contributed by atoms with Crippen molar-refractivity contribution in [2.75, 3.05) is 11.1 Å². The first-order valence-corrected chi connectivity index (χ1v) is 10.4. The lowest BCUT2D eigenvalue weighted by molar-refractivity contribution is -0.140. The summed E-state index contributed by atoms with van der Waals surface area (Å²) in [5.74, 6) is -0.619. The van der Waals surface area contributed by atoms with Crippen LogP contribution in [0.2, 0.25) is 0 Å². The summed E-state index contributed by atoms with van der Waals surface area (Å²) in [4.78, 5) is 21.1. The number of carbonyl (C=O) groups is 1. The molecule has 12 heteroatoms. The molecule has 174 valence electrons. The molecule has 0 fully saturated rings. The van der Waals surface area contributed by atoms with Crippen LogP contribution in [0.15, 0.2) is 35.4 Å². The normalized spacial score (nSPS) is 13.6. The fourth-order valence-electron chi connectivity index (χ4n) is 4.38. The largest absolute Gasteiger partial charge is 0.449 e. The summed E-state index contributed by atoms with van der Waals surface area (Å²) < 4.78 is 45.5. The van der Waals surface area contributed by atoms with Gasteiger partial charge < -0.3 is 15.5 Å². The molecular weight excluding hydrogens is 451 g/mol. The number of nitrogens with one attached hydrogen (secondary N) is 3. The summed E-state index contributed by atoms with van der Waals surface area (Å²) in [6.07, 6.45) is 1.52. The van der Waals surface area contributed by atoms with Gasteiger partial charge in [-0.1, -0.05) is 0 Å². The molecule has 1 aliphatic carbocycles. The molecule has 5 N–H and O–H groups in total. The van der Waals surface area contributed by atoms with Crippen molar-refractivity contribution < 1.29 is 22.4 Å². The number of amides is 1. The third-order valence-electron chi connectivity index (χ3n) is 5.82. The van der Waals surface area contributed by atoms with Gasteiger partial charge in [0, 0.05) is 22.8 Å². The van der Waals surface area contributed by atoms with Gasteiger partial charge in [0.25, 0.3) is 5.91 Å². The topological polar surface area (TPSA) is 147 Å². The molecule has 0 radical (unpaired) electrons. The summed E-state index contributed by atoms with van der Waals surface area (Å²) in [7, 11) is 0. The Morgan fingerprint density at radius 2 is 1.97 bits per heavy atom. The van der Waals surface area contributed by atoms with Gasteiger partial charge >= 0.3 is 6.18 Å². The van der Waals surface area contributed by atoms with E-state index in [4.69, 9.17) is 15.6 Å². The van der Waals surface area contributed by atoms with Crippen LogP contribution in [-0.4, -0.2) is 31.8 Å². The summed E-state index contributed by atoms with van der Waals surface area (Å²) >= 11 is 0. The number of nitrogens with two attached hydrogens (primary N) is 1. The highest BCUT2D eigenvalue weighted by molar-refractivity contribution is 6.50. The average molecular weight is 469 g/mol. The average Bonchev–Trinajstić information content (AvgIpc) is 3.50. The number of aryl methyl sites for hydroxylation is 1. The molecule has 0 bridgehead atoms. The molecule has 0 aliphatic heterocycles. The molecule has 0 unspecified atom stereocenters. The number of H-pyrrole nitrogens is 1. The molecule has 3 heterocycles. The minimum atomic E-state index is -4.65. The maximum atomic E-state index is 13.6. The van der Waals surface area contributed by atoms with Gasteiger partial charge in [-0.05, 0) is 48.9 Å². The molecule has 0 spiro atoms. The van der Waals surface area contributed by atoms with Gasteiger partial charge in [0.15, 0.2) is 17.9 Å². The van der Waals surface area contributed by atoms with E-state index in [-0.39, 0.29) is 28.3 Å². The summed E-state index contributed by atoms with van der Waals surface area (Å²) in [6.45, 7) is 0. The van der Waals surface area contributed by atoms with Crippen LogP contribution in [0.25, 0.3) is 22.2 Å². The second-order valence-electron chi connectivity index (χ2n) is 7.90. The molecule has 5 rings (SSSR count). The molecule has 34 heavy (non-hydrogen) atoms. The first-order valence-electron chi connectivity index (χ1n) is 10.4. The highest BCUT2D eigenvalue weighted by Crippen LogP contribution is 2.41. The van der Waals surface area contributed by atoms with Crippen LogP contribution in [0.4, 0.5) is 24.7 Å². The van der Waals surface area contributed by atoms with Crippen molar-refractivity contribution in [1.29, 1.82) is 5.41 Å². The molecule has 1 aliphatic rings. The van der Waals surface area contributed by atoms with Crippen molar-refractivity contribution in [2.45, 2.75) is 31.9 Å². The van der Waals surface area contributed by atoms with Gasteiger partial charge in [0.05, 0.1) is 16.8 Å². The van der Waals surface area contributed by atoms with Crippen molar-refractivity contribution in [3.63, 3.8) is 0 Å². The number of oxazole rings is 1. The lowest BCUT2D eigenvalue weighted by atomic mass is 9.84. The van der Waals surface area contributed by atoms with E-state index in [0.717, 1.165) is 24.8 Å². The molecule has 4 aromatic rings. The zero-order valence-corrected chi connectivity index (χ0v) is 17.6. The SMILES string of the molecule is N=C(C(=O)Nc1cocn1)c1c(N)ccc2nc(-c3c[nH]nc3C(F)(F)F)c3c(c12)CCCC3. The lowest BCUT2D eigenvalue weighted by Crippen LogP contribution is -2.25. The number of aromatic amines is 1. The van der Waals surface area contributed by atoms with E-state index in [1.165, 1.54) is 18.5 Å². The number of pyridine rings is 1. The number of hydrogen-bond donors (Lipinski definition) is 4. The van der Waals surface area contributed by atoms with Gasteiger partial charge in [-0.3, -0.25) is 15.3 Å². The third kappa shape index (κ3) is 3.56. The number of aromatic nitrogens is 4. The van der Waals surface area contributed by atoms with Gasteiger partial charge in [0.1, 0.15) is 12.0 Å².